The molecule has 0 aromatic carbocycles. The van der Waals surface area contributed by atoms with Gasteiger partial charge in [0.1, 0.15) is 6.07 Å². The largest absolute Gasteiger partial charge is 0.465 e. The number of nitrogens with zero attached hydrogens (tertiary/aromatic N) is 4. The molecule has 5 N–H and O–H groups in total. The number of amides is 2. The molecular formula is C28H33N7O4. The Balaban J connectivity index is 1.44. The maximum absolute atomic E-state index is 13.3. The zero-order valence-electron chi connectivity index (χ0n) is 22.1. The van der Waals surface area contributed by atoms with E-state index in [2.05, 4.69) is 32.1 Å². The number of fused-ring (bicyclic) bond motifs is 4. The molecule has 204 valence electrons. The molecule has 0 aliphatic heterocycles. The molecule has 3 heterocycles. The number of carboxylic acid groups (broad SMARTS) is 1. The van der Waals surface area contributed by atoms with E-state index in [1.165, 1.54) is 6.20 Å². The summed E-state index contributed by atoms with van der Waals surface area (Å²) in [6.45, 7) is 3.80. The zero-order valence-corrected chi connectivity index (χ0v) is 22.1. The number of nitriles is 1. The molecule has 39 heavy (non-hydrogen) atoms. The Morgan fingerprint density at radius 1 is 1.13 bits per heavy atom. The highest BCUT2D eigenvalue weighted by Gasteiger charge is 2.48. The summed E-state index contributed by atoms with van der Waals surface area (Å²) >= 11 is 0. The van der Waals surface area contributed by atoms with Crippen molar-refractivity contribution in [1.82, 2.24) is 25.2 Å². The maximum atomic E-state index is 13.3. The van der Waals surface area contributed by atoms with E-state index in [0.717, 1.165) is 49.7 Å². The minimum Gasteiger partial charge on any atom is -0.465 e. The first-order chi connectivity index (χ1) is 18.5. The van der Waals surface area contributed by atoms with Crippen molar-refractivity contribution in [3.63, 3.8) is 0 Å². The number of anilines is 1. The first kappa shape index (κ1) is 26.4. The highest BCUT2D eigenvalue weighted by atomic mass is 16.4. The predicted octanol–water partition coefficient (Wildman–Crippen LogP) is 3.68. The van der Waals surface area contributed by atoms with Gasteiger partial charge in [0.2, 0.25) is 0 Å². The Morgan fingerprint density at radius 3 is 2.51 bits per heavy atom. The monoisotopic (exact) mass is 531 g/mol. The number of carbonyl (C=O) groups excluding carboxylic acids is 1. The van der Waals surface area contributed by atoms with E-state index in [-0.39, 0.29) is 18.0 Å². The zero-order chi connectivity index (χ0) is 27.8. The molecule has 11 heteroatoms. The Morgan fingerprint density at radius 2 is 1.85 bits per heavy atom. The van der Waals surface area contributed by atoms with Crippen molar-refractivity contribution in [3.8, 4) is 17.5 Å². The average Bonchev–Trinajstić information content (AvgIpc) is 3.32. The Bertz CT molecular complexity index is 1450. The molecule has 0 unspecified atom stereocenters. The van der Waals surface area contributed by atoms with Gasteiger partial charge in [-0.05, 0) is 83.1 Å². The summed E-state index contributed by atoms with van der Waals surface area (Å²) in [5, 5.41) is 42.4. The van der Waals surface area contributed by atoms with Crippen LogP contribution in [-0.2, 0) is 0 Å². The van der Waals surface area contributed by atoms with Crippen molar-refractivity contribution in [2.75, 3.05) is 11.9 Å². The third kappa shape index (κ3) is 5.52. The van der Waals surface area contributed by atoms with Gasteiger partial charge in [-0.3, -0.25) is 9.78 Å². The lowest BCUT2D eigenvalue weighted by molar-refractivity contribution is -0.0580. The first-order valence-corrected chi connectivity index (χ1v) is 13.2. The average molecular weight is 532 g/mol. The van der Waals surface area contributed by atoms with Crippen molar-refractivity contribution < 1.29 is 19.8 Å². The minimum absolute atomic E-state index is 0.216. The van der Waals surface area contributed by atoms with Gasteiger partial charge in [0.25, 0.3) is 5.91 Å². The highest BCUT2D eigenvalue weighted by molar-refractivity contribution is 6.00. The normalized spacial score (nSPS) is 22.3. The number of nitrogens with one attached hydrogen (secondary N) is 3. The van der Waals surface area contributed by atoms with E-state index in [9.17, 15) is 20.0 Å². The molecular weight excluding hydrogens is 498 g/mol. The van der Waals surface area contributed by atoms with Gasteiger partial charge in [-0.15, -0.1) is 0 Å². The van der Waals surface area contributed by atoms with Gasteiger partial charge in [0.05, 0.1) is 45.5 Å². The fourth-order valence-corrected chi connectivity index (χ4v) is 5.71. The number of aliphatic hydroxyl groups is 1. The summed E-state index contributed by atoms with van der Waals surface area (Å²) in [5.41, 5.74) is 2.12. The number of hydrogen-bond donors (Lipinski definition) is 5. The summed E-state index contributed by atoms with van der Waals surface area (Å²) < 4.78 is 1.71. The number of rotatable bonds is 8. The molecule has 11 nitrogen and oxygen atoms in total. The summed E-state index contributed by atoms with van der Waals surface area (Å²) in [6.07, 6.45) is 6.95. The van der Waals surface area contributed by atoms with Gasteiger partial charge < -0.3 is 26.2 Å². The van der Waals surface area contributed by atoms with E-state index in [1.54, 1.807) is 30.6 Å². The van der Waals surface area contributed by atoms with Crippen LogP contribution in [0.2, 0.25) is 0 Å². The van der Waals surface area contributed by atoms with Crippen molar-refractivity contribution in [3.05, 3.63) is 47.8 Å². The second-order valence-corrected chi connectivity index (χ2v) is 11.5. The van der Waals surface area contributed by atoms with Gasteiger partial charge in [-0.2, -0.15) is 10.4 Å². The molecule has 3 fully saturated rings. The number of aromatic nitrogens is 3. The summed E-state index contributed by atoms with van der Waals surface area (Å²) in [7, 11) is 0. The van der Waals surface area contributed by atoms with Gasteiger partial charge in [0.15, 0.2) is 0 Å². The predicted molar refractivity (Wildman–Crippen MR) is 144 cm³/mol. The van der Waals surface area contributed by atoms with Crippen LogP contribution in [0.1, 0.15) is 74.7 Å². The fourth-order valence-electron chi connectivity index (χ4n) is 5.71. The van der Waals surface area contributed by atoms with Gasteiger partial charge >= 0.3 is 6.09 Å². The topological polar surface area (TPSA) is 165 Å². The maximum Gasteiger partial charge on any atom is 0.405 e. The van der Waals surface area contributed by atoms with E-state index in [4.69, 9.17) is 5.11 Å². The standard InChI is InChI=1S/C28H33N7O4/c1-26(2,34-25(37)38)11-12-30-24(36)20-17-31-22(23-4-3-19-13-18(15-29)16-32-35(19)23)14-21(20)33-27-5-8-28(39,9-6-27)10-7-27/h3-4,13-14,16-17,34,39H,5-12H2,1-2H3,(H,30,36)(H,31,33)(H,37,38). The van der Waals surface area contributed by atoms with Crippen LogP contribution in [0.4, 0.5) is 10.5 Å². The molecule has 0 spiro atoms. The SMILES string of the molecule is CC(C)(CCNC(=O)c1cnc(-c2ccc3cc(C#N)cnn23)cc1NC12CCC(O)(CC1)CC2)NC(=O)O. The van der Waals surface area contributed by atoms with Crippen LogP contribution < -0.4 is 16.0 Å². The second kappa shape index (κ2) is 9.85. The Kier molecular flexibility index (Phi) is 6.68. The summed E-state index contributed by atoms with van der Waals surface area (Å²) in [5.74, 6) is -0.306. The smallest absolute Gasteiger partial charge is 0.405 e. The summed E-state index contributed by atoms with van der Waals surface area (Å²) in [6, 6.07) is 9.46. The van der Waals surface area contributed by atoms with Crippen LogP contribution in [0.25, 0.3) is 16.9 Å². The Hall–Kier alpha value is -4.17. The van der Waals surface area contributed by atoms with E-state index in [0.29, 0.717) is 28.9 Å². The number of carbonyl (C=O) groups is 2. The van der Waals surface area contributed by atoms with Crippen molar-refractivity contribution in [2.45, 2.75) is 75.5 Å². The number of pyridine rings is 1. The lowest BCUT2D eigenvalue weighted by Crippen LogP contribution is -2.54. The molecule has 3 aliphatic carbocycles. The van der Waals surface area contributed by atoms with Crippen LogP contribution in [0.5, 0.6) is 0 Å². The van der Waals surface area contributed by atoms with Crippen LogP contribution in [-0.4, -0.2) is 60.0 Å². The molecule has 0 atom stereocenters. The lowest BCUT2D eigenvalue weighted by atomic mass is 9.63. The van der Waals surface area contributed by atoms with Crippen LogP contribution in [0, 0.1) is 11.3 Å². The van der Waals surface area contributed by atoms with Crippen molar-refractivity contribution in [1.29, 1.82) is 5.26 Å². The molecule has 3 saturated carbocycles. The van der Waals surface area contributed by atoms with E-state index < -0.39 is 17.2 Å². The van der Waals surface area contributed by atoms with Gasteiger partial charge in [-0.25, -0.2) is 9.31 Å². The molecule has 2 bridgehead atoms. The van der Waals surface area contributed by atoms with Crippen LogP contribution in [0.3, 0.4) is 0 Å². The van der Waals surface area contributed by atoms with Gasteiger partial charge in [0, 0.05) is 23.8 Å². The molecule has 0 radical (unpaired) electrons. The third-order valence-corrected chi connectivity index (χ3v) is 8.13. The van der Waals surface area contributed by atoms with Crippen molar-refractivity contribution >= 4 is 23.2 Å². The molecule has 2 amide bonds. The minimum atomic E-state index is -1.11. The lowest BCUT2D eigenvalue weighted by Gasteiger charge is -2.51. The molecule has 6 rings (SSSR count). The van der Waals surface area contributed by atoms with Crippen LogP contribution >= 0.6 is 0 Å². The fraction of sp³-hybridized carbons (Fsp3) is 0.464. The van der Waals surface area contributed by atoms with Crippen molar-refractivity contribution in [2.24, 2.45) is 0 Å². The second-order valence-electron chi connectivity index (χ2n) is 11.5. The first-order valence-electron chi connectivity index (χ1n) is 13.2. The molecule has 0 saturated heterocycles. The number of hydrogen-bond acceptors (Lipinski definition) is 7. The molecule has 3 aromatic heterocycles. The highest BCUT2D eigenvalue weighted by Crippen LogP contribution is 2.48. The Labute approximate surface area is 226 Å². The van der Waals surface area contributed by atoms with E-state index >= 15 is 0 Å². The molecule has 3 aliphatic rings. The van der Waals surface area contributed by atoms with Crippen LogP contribution in [0.15, 0.2) is 36.7 Å². The quantitative estimate of drug-likeness (QED) is 0.294. The van der Waals surface area contributed by atoms with E-state index in [1.807, 2.05) is 18.2 Å². The third-order valence-electron chi connectivity index (χ3n) is 8.13. The molecule has 3 aromatic rings. The van der Waals surface area contributed by atoms with Gasteiger partial charge in [-0.1, -0.05) is 0 Å². The summed E-state index contributed by atoms with van der Waals surface area (Å²) in [4.78, 5) is 29.0.